The molecular formula is C7H10O2. The van der Waals surface area contributed by atoms with Crippen LogP contribution in [0.2, 0.25) is 0 Å². The summed E-state index contributed by atoms with van der Waals surface area (Å²) in [6, 6.07) is 0. The van der Waals surface area contributed by atoms with E-state index < -0.39 is 0 Å². The summed E-state index contributed by atoms with van der Waals surface area (Å²) >= 11 is 0. The van der Waals surface area contributed by atoms with Gasteiger partial charge in [-0.25, -0.2) is 0 Å². The molecule has 0 aliphatic carbocycles. The Bertz CT molecular complexity index is 119. The van der Waals surface area contributed by atoms with E-state index in [4.69, 9.17) is 5.11 Å². The van der Waals surface area contributed by atoms with E-state index in [0.717, 1.165) is 6.29 Å². The lowest BCUT2D eigenvalue weighted by Crippen LogP contribution is -1.97. The standard InChI is InChI=1S/C7H10O2/c1-3-7(5-8)4-6(2)9/h3,5,7,9H,1-2,4H2/t7-/m0/s1. The van der Waals surface area contributed by atoms with Gasteiger partial charge < -0.3 is 9.90 Å². The van der Waals surface area contributed by atoms with Crippen molar-refractivity contribution in [2.45, 2.75) is 6.42 Å². The van der Waals surface area contributed by atoms with Crippen LogP contribution >= 0.6 is 0 Å². The summed E-state index contributed by atoms with van der Waals surface area (Å²) < 4.78 is 0. The van der Waals surface area contributed by atoms with Gasteiger partial charge in [-0.3, -0.25) is 0 Å². The Morgan fingerprint density at radius 3 is 2.44 bits per heavy atom. The van der Waals surface area contributed by atoms with Crippen LogP contribution in [0.3, 0.4) is 0 Å². The van der Waals surface area contributed by atoms with Gasteiger partial charge in [0, 0.05) is 12.3 Å². The van der Waals surface area contributed by atoms with E-state index in [1.165, 1.54) is 6.08 Å². The molecule has 1 atom stereocenters. The normalized spacial score (nSPS) is 12.0. The van der Waals surface area contributed by atoms with Crippen molar-refractivity contribution in [3.8, 4) is 0 Å². The maximum absolute atomic E-state index is 10.0. The molecule has 0 unspecified atom stereocenters. The minimum absolute atomic E-state index is 0.0204. The van der Waals surface area contributed by atoms with Crippen molar-refractivity contribution in [3.05, 3.63) is 25.0 Å². The van der Waals surface area contributed by atoms with E-state index in [9.17, 15) is 4.79 Å². The topological polar surface area (TPSA) is 37.3 Å². The quantitative estimate of drug-likeness (QED) is 0.351. The van der Waals surface area contributed by atoms with Crippen LogP contribution in [0.4, 0.5) is 0 Å². The zero-order valence-corrected chi connectivity index (χ0v) is 5.21. The molecule has 0 aliphatic heterocycles. The Morgan fingerprint density at radius 1 is 1.78 bits per heavy atom. The van der Waals surface area contributed by atoms with E-state index in [1.54, 1.807) is 0 Å². The molecule has 0 spiro atoms. The van der Waals surface area contributed by atoms with Crippen molar-refractivity contribution in [1.29, 1.82) is 0 Å². The molecule has 9 heavy (non-hydrogen) atoms. The van der Waals surface area contributed by atoms with E-state index in [2.05, 4.69) is 13.2 Å². The lowest BCUT2D eigenvalue weighted by atomic mass is 10.1. The number of aliphatic hydroxyl groups is 1. The maximum atomic E-state index is 10.0. The molecule has 2 nitrogen and oxygen atoms in total. The Hall–Kier alpha value is -1.05. The molecule has 0 aliphatic rings. The molecule has 0 aromatic rings. The Labute approximate surface area is 54.5 Å². The van der Waals surface area contributed by atoms with Gasteiger partial charge in [-0.05, 0) is 0 Å². The highest BCUT2D eigenvalue weighted by molar-refractivity contribution is 5.56. The van der Waals surface area contributed by atoms with Crippen molar-refractivity contribution in [3.63, 3.8) is 0 Å². The number of hydrogen-bond acceptors (Lipinski definition) is 2. The lowest BCUT2D eigenvalue weighted by molar-refractivity contribution is -0.110. The van der Waals surface area contributed by atoms with Crippen LogP contribution in [0.15, 0.2) is 25.0 Å². The van der Waals surface area contributed by atoms with Crippen LogP contribution < -0.4 is 0 Å². The molecule has 1 N–H and O–H groups in total. The summed E-state index contributed by atoms with van der Waals surface area (Å²) in [6.45, 7) is 6.64. The van der Waals surface area contributed by atoms with Gasteiger partial charge in [0.25, 0.3) is 0 Å². The molecule has 0 saturated carbocycles. The summed E-state index contributed by atoms with van der Waals surface area (Å²) in [5, 5.41) is 8.58. The van der Waals surface area contributed by atoms with Crippen molar-refractivity contribution in [2.75, 3.05) is 0 Å². The highest BCUT2D eigenvalue weighted by Gasteiger charge is 2.01. The van der Waals surface area contributed by atoms with Gasteiger partial charge in [-0.15, -0.1) is 6.58 Å². The predicted octanol–water partition coefficient (Wildman–Crippen LogP) is 1.45. The maximum Gasteiger partial charge on any atom is 0.127 e. The summed E-state index contributed by atoms with van der Waals surface area (Å²) in [6.07, 6.45) is 2.50. The first-order chi connectivity index (χ1) is 4.20. The highest BCUT2D eigenvalue weighted by Crippen LogP contribution is 2.04. The number of aldehydes is 1. The molecule has 0 aromatic carbocycles. The molecule has 50 valence electrons. The van der Waals surface area contributed by atoms with Gasteiger partial charge in [-0.2, -0.15) is 0 Å². The summed E-state index contributed by atoms with van der Waals surface area (Å²) in [5.41, 5.74) is 0. The van der Waals surface area contributed by atoms with Crippen molar-refractivity contribution < 1.29 is 9.90 Å². The average Bonchev–Trinajstić information content (AvgIpc) is 1.82. The third-order valence-corrected chi connectivity index (χ3v) is 0.949. The first-order valence-corrected chi connectivity index (χ1v) is 2.65. The van der Waals surface area contributed by atoms with Crippen LogP contribution in [0, 0.1) is 5.92 Å². The Morgan fingerprint density at radius 2 is 2.33 bits per heavy atom. The second kappa shape index (κ2) is 3.89. The van der Waals surface area contributed by atoms with Crippen LogP contribution in [0.5, 0.6) is 0 Å². The number of carbonyl (C=O) groups is 1. The highest BCUT2D eigenvalue weighted by atomic mass is 16.3. The lowest BCUT2D eigenvalue weighted by Gasteiger charge is -1.99. The molecule has 0 saturated heterocycles. The first-order valence-electron chi connectivity index (χ1n) is 2.65. The molecule has 0 amide bonds. The summed E-state index contributed by atoms with van der Waals surface area (Å²) in [4.78, 5) is 10.0. The number of aliphatic hydroxyl groups excluding tert-OH is 1. The van der Waals surface area contributed by atoms with Crippen LogP contribution in [-0.4, -0.2) is 11.4 Å². The van der Waals surface area contributed by atoms with Gasteiger partial charge in [0.15, 0.2) is 0 Å². The smallest absolute Gasteiger partial charge is 0.127 e. The monoisotopic (exact) mass is 126 g/mol. The van der Waals surface area contributed by atoms with E-state index >= 15 is 0 Å². The van der Waals surface area contributed by atoms with Crippen LogP contribution in [0.1, 0.15) is 6.42 Å². The minimum Gasteiger partial charge on any atom is -0.513 e. The fraction of sp³-hybridized carbons (Fsp3) is 0.286. The fourth-order valence-electron chi connectivity index (χ4n) is 0.459. The molecule has 0 radical (unpaired) electrons. The van der Waals surface area contributed by atoms with Crippen molar-refractivity contribution in [2.24, 2.45) is 5.92 Å². The first kappa shape index (κ1) is 7.95. The SMILES string of the molecule is C=C[C@H](C=O)CC(=C)O. The number of allylic oxidation sites excluding steroid dienone is 2. The minimum atomic E-state index is -0.289. The van der Waals surface area contributed by atoms with Gasteiger partial charge >= 0.3 is 0 Å². The fourth-order valence-corrected chi connectivity index (χ4v) is 0.459. The summed E-state index contributed by atoms with van der Waals surface area (Å²) in [5.74, 6) is -0.269. The third kappa shape index (κ3) is 3.53. The molecule has 0 heterocycles. The van der Waals surface area contributed by atoms with E-state index in [1.807, 2.05) is 0 Å². The van der Waals surface area contributed by atoms with Gasteiger partial charge in [0.2, 0.25) is 0 Å². The molecule has 0 aromatic heterocycles. The van der Waals surface area contributed by atoms with Crippen molar-refractivity contribution >= 4 is 6.29 Å². The third-order valence-electron chi connectivity index (χ3n) is 0.949. The largest absolute Gasteiger partial charge is 0.513 e. The Kier molecular flexibility index (Phi) is 3.44. The van der Waals surface area contributed by atoms with Gasteiger partial charge in [0.05, 0.1) is 5.76 Å². The summed E-state index contributed by atoms with van der Waals surface area (Å²) in [7, 11) is 0. The van der Waals surface area contributed by atoms with E-state index in [-0.39, 0.29) is 18.1 Å². The second-order valence-electron chi connectivity index (χ2n) is 1.81. The van der Waals surface area contributed by atoms with Crippen LogP contribution in [-0.2, 0) is 4.79 Å². The Balaban J connectivity index is 3.68. The van der Waals surface area contributed by atoms with E-state index in [0.29, 0.717) is 0 Å². The second-order valence-corrected chi connectivity index (χ2v) is 1.81. The number of rotatable bonds is 4. The molecule has 0 bridgehead atoms. The van der Waals surface area contributed by atoms with Crippen molar-refractivity contribution in [1.82, 2.24) is 0 Å². The predicted molar refractivity (Wildman–Crippen MR) is 36.1 cm³/mol. The number of carbonyl (C=O) groups excluding carboxylic acids is 1. The molecule has 0 fully saturated rings. The molecule has 2 heteroatoms. The zero-order chi connectivity index (χ0) is 7.28. The average molecular weight is 126 g/mol. The van der Waals surface area contributed by atoms with Crippen LogP contribution in [0.25, 0.3) is 0 Å². The number of hydrogen-bond donors (Lipinski definition) is 1. The van der Waals surface area contributed by atoms with Gasteiger partial charge in [-0.1, -0.05) is 12.7 Å². The van der Waals surface area contributed by atoms with Gasteiger partial charge in [0.1, 0.15) is 6.29 Å². The molecular weight excluding hydrogens is 116 g/mol. The molecule has 0 rings (SSSR count). The zero-order valence-electron chi connectivity index (χ0n) is 5.21.